The molecule has 0 N–H and O–H groups in total. The van der Waals surface area contributed by atoms with Gasteiger partial charge in [0.2, 0.25) is 0 Å². The van der Waals surface area contributed by atoms with Gasteiger partial charge in [-0.1, -0.05) is 12.1 Å². The summed E-state index contributed by atoms with van der Waals surface area (Å²) in [7, 11) is 0. The number of hydrogen-bond donors (Lipinski definition) is 0. The number of ether oxygens (including phenoxy) is 2. The van der Waals surface area contributed by atoms with Crippen LogP contribution in [0.3, 0.4) is 0 Å². The fraction of sp³-hybridized carbons (Fsp3) is 0.400. The van der Waals surface area contributed by atoms with E-state index in [1.165, 1.54) is 0 Å². The summed E-state index contributed by atoms with van der Waals surface area (Å²) < 4.78 is 12.0. The maximum absolute atomic E-state index is 5.64. The molecular weight excluding hydrogens is 232 g/mol. The largest absolute Gasteiger partial charge is 0.464 e. The first-order valence-corrected chi connectivity index (χ1v) is 5.18. The fourth-order valence-corrected chi connectivity index (χ4v) is 1.70. The molecule has 0 aliphatic carbocycles. The van der Waals surface area contributed by atoms with Crippen LogP contribution >= 0.6 is 15.9 Å². The van der Waals surface area contributed by atoms with Crippen molar-refractivity contribution in [2.75, 3.05) is 6.61 Å². The Morgan fingerprint density at radius 2 is 2.23 bits per heavy atom. The quantitative estimate of drug-likeness (QED) is 0.794. The van der Waals surface area contributed by atoms with E-state index in [1.54, 1.807) is 0 Å². The molecule has 1 aromatic rings. The number of rotatable bonds is 2. The third kappa shape index (κ3) is 2.23. The van der Waals surface area contributed by atoms with Gasteiger partial charge in [-0.2, -0.15) is 0 Å². The van der Waals surface area contributed by atoms with Gasteiger partial charge in [0, 0.05) is 6.42 Å². The predicted octanol–water partition coefficient (Wildman–Crippen LogP) is 2.96. The highest BCUT2D eigenvalue weighted by Crippen LogP contribution is 2.27. The summed E-state index contributed by atoms with van der Waals surface area (Å²) in [5, 5.41) is 0. The molecule has 0 spiro atoms. The van der Waals surface area contributed by atoms with E-state index < -0.39 is 0 Å². The van der Waals surface area contributed by atoms with Crippen LogP contribution in [0.5, 0.6) is 5.75 Å². The molecule has 0 amide bonds. The van der Waals surface area contributed by atoms with E-state index in [0.29, 0.717) is 0 Å². The smallest absolute Gasteiger partial charge is 0.199 e. The first-order valence-electron chi connectivity index (χ1n) is 4.39. The average molecular weight is 243 g/mol. The lowest BCUT2D eigenvalue weighted by Gasteiger charge is -2.13. The summed E-state index contributed by atoms with van der Waals surface area (Å²) >= 11 is 3.42. The Morgan fingerprint density at radius 1 is 1.38 bits per heavy atom. The second kappa shape index (κ2) is 4.11. The van der Waals surface area contributed by atoms with Gasteiger partial charge in [-0.05, 0) is 34.5 Å². The molecule has 1 aliphatic heterocycles. The Kier molecular flexibility index (Phi) is 2.86. The van der Waals surface area contributed by atoms with Gasteiger partial charge in [-0.25, -0.2) is 0 Å². The SMILES string of the molecule is Brc1ccccc1OC1CCCO1. The average Bonchev–Trinajstić information content (AvgIpc) is 2.61. The number of hydrogen-bond acceptors (Lipinski definition) is 2. The Balaban J connectivity index is 2.04. The summed E-state index contributed by atoms with van der Waals surface area (Å²) in [6.07, 6.45) is 2.02. The molecule has 0 bridgehead atoms. The first-order chi connectivity index (χ1) is 6.36. The van der Waals surface area contributed by atoms with E-state index in [-0.39, 0.29) is 6.29 Å². The van der Waals surface area contributed by atoms with Crippen molar-refractivity contribution in [2.45, 2.75) is 19.1 Å². The molecule has 1 atom stereocenters. The van der Waals surface area contributed by atoms with Crippen LogP contribution in [0.15, 0.2) is 28.7 Å². The zero-order valence-corrected chi connectivity index (χ0v) is 8.79. The normalized spacial score (nSPS) is 21.8. The lowest BCUT2D eigenvalue weighted by Crippen LogP contribution is -2.13. The van der Waals surface area contributed by atoms with Gasteiger partial charge in [-0.15, -0.1) is 0 Å². The molecule has 3 heteroatoms. The van der Waals surface area contributed by atoms with E-state index in [2.05, 4.69) is 15.9 Å². The molecule has 0 aromatic heterocycles. The number of benzene rings is 1. The maximum Gasteiger partial charge on any atom is 0.199 e. The van der Waals surface area contributed by atoms with Gasteiger partial charge < -0.3 is 9.47 Å². The zero-order chi connectivity index (χ0) is 9.10. The van der Waals surface area contributed by atoms with Gasteiger partial charge in [-0.3, -0.25) is 0 Å². The second-order valence-corrected chi connectivity index (χ2v) is 3.85. The van der Waals surface area contributed by atoms with Gasteiger partial charge in [0.1, 0.15) is 5.75 Å². The molecule has 13 heavy (non-hydrogen) atoms. The Bertz CT molecular complexity index is 282. The van der Waals surface area contributed by atoms with Crippen molar-refractivity contribution in [3.8, 4) is 5.75 Å². The minimum Gasteiger partial charge on any atom is -0.464 e. The summed E-state index contributed by atoms with van der Waals surface area (Å²) in [5.41, 5.74) is 0. The van der Waals surface area contributed by atoms with E-state index >= 15 is 0 Å². The van der Waals surface area contributed by atoms with Crippen molar-refractivity contribution in [2.24, 2.45) is 0 Å². The highest BCUT2D eigenvalue weighted by atomic mass is 79.9. The van der Waals surface area contributed by atoms with Crippen LogP contribution in [0.2, 0.25) is 0 Å². The first kappa shape index (κ1) is 9.03. The van der Waals surface area contributed by atoms with Gasteiger partial charge in [0.15, 0.2) is 6.29 Å². The number of halogens is 1. The zero-order valence-electron chi connectivity index (χ0n) is 7.20. The molecule has 1 fully saturated rings. The predicted molar refractivity (Wildman–Crippen MR) is 53.7 cm³/mol. The van der Waals surface area contributed by atoms with Crippen molar-refractivity contribution >= 4 is 15.9 Å². The lowest BCUT2D eigenvalue weighted by molar-refractivity contribution is -0.0394. The summed E-state index contributed by atoms with van der Waals surface area (Å²) in [4.78, 5) is 0. The number of para-hydroxylation sites is 1. The van der Waals surface area contributed by atoms with Crippen molar-refractivity contribution in [1.82, 2.24) is 0 Å². The van der Waals surface area contributed by atoms with Crippen molar-refractivity contribution in [3.63, 3.8) is 0 Å². The van der Waals surface area contributed by atoms with E-state index in [4.69, 9.17) is 9.47 Å². The molecule has 1 heterocycles. The minimum atomic E-state index is -0.0568. The van der Waals surface area contributed by atoms with E-state index in [1.807, 2.05) is 24.3 Å². The molecule has 2 rings (SSSR count). The highest BCUT2D eigenvalue weighted by Gasteiger charge is 2.17. The van der Waals surface area contributed by atoms with Gasteiger partial charge in [0.05, 0.1) is 11.1 Å². The Hall–Kier alpha value is -0.540. The van der Waals surface area contributed by atoms with Crippen LogP contribution in [-0.4, -0.2) is 12.9 Å². The third-order valence-electron chi connectivity index (χ3n) is 1.98. The third-order valence-corrected chi connectivity index (χ3v) is 2.64. The van der Waals surface area contributed by atoms with E-state index in [9.17, 15) is 0 Å². The molecule has 0 saturated carbocycles. The van der Waals surface area contributed by atoms with Crippen LogP contribution in [0, 0.1) is 0 Å². The fourth-order valence-electron chi connectivity index (χ4n) is 1.32. The molecule has 1 saturated heterocycles. The summed E-state index contributed by atoms with van der Waals surface area (Å²) in [5.74, 6) is 0.856. The van der Waals surface area contributed by atoms with Crippen LogP contribution in [0.4, 0.5) is 0 Å². The van der Waals surface area contributed by atoms with Crippen molar-refractivity contribution < 1.29 is 9.47 Å². The molecule has 1 unspecified atom stereocenters. The van der Waals surface area contributed by atoms with Crippen LogP contribution in [0.1, 0.15) is 12.8 Å². The topological polar surface area (TPSA) is 18.5 Å². The van der Waals surface area contributed by atoms with Gasteiger partial charge in [0.25, 0.3) is 0 Å². The standard InChI is InChI=1S/C10H11BrO2/c11-8-4-1-2-5-9(8)13-10-6-3-7-12-10/h1-2,4-5,10H,3,6-7H2. The monoisotopic (exact) mass is 242 g/mol. The van der Waals surface area contributed by atoms with Crippen LogP contribution < -0.4 is 4.74 Å². The molecule has 70 valence electrons. The Morgan fingerprint density at radius 3 is 2.92 bits per heavy atom. The summed E-state index contributed by atoms with van der Waals surface area (Å²) in [6.45, 7) is 0.815. The van der Waals surface area contributed by atoms with Crippen LogP contribution in [0.25, 0.3) is 0 Å². The van der Waals surface area contributed by atoms with E-state index in [0.717, 1.165) is 29.7 Å². The van der Waals surface area contributed by atoms with Crippen LogP contribution in [-0.2, 0) is 4.74 Å². The second-order valence-electron chi connectivity index (χ2n) is 2.99. The van der Waals surface area contributed by atoms with Gasteiger partial charge >= 0.3 is 0 Å². The summed E-state index contributed by atoms with van der Waals surface area (Å²) in [6, 6.07) is 7.82. The lowest BCUT2D eigenvalue weighted by atomic mass is 10.3. The van der Waals surface area contributed by atoms with Crippen molar-refractivity contribution in [3.05, 3.63) is 28.7 Å². The maximum atomic E-state index is 5.64. The highest BCUT2D eigenvalue weighted by molar-refractivity contribution is 9.10. The molecule has 0 radical (unpaired) electrons. The minimum absolute atomic E-state index is 0.0568. The van der Waals surface area contributed by atoms with Crippen molar-refractivity contribution in [1.29, 1.82) is 0 Å². The molecular formula is C10H11BrO2. The molecule has 1 aromatic carbocycles. The molecule has 2 nitrogen and oxygen atoms in total. The Labute approximate surface area is 86.0 Å². The molecule has 1 aliphatic rings.